The minimum Gasteiger partial charge on any atom is -0.497 e. The molecule has 0 amide bonds. The summed E-state index contributed by atoms with van der Waals surface area (Å²) in [6, 6.07) is 15.9. The summed E-state index contributed by atoms with van der Waals surface area (Å²) < 4.78 is 28.8. The zero-order chi connectivity index (χ0) is 20.0. The van der Waals surface area contributed by atoms with Gasteiger partial charge in [0.25, 0.3) is 0 Å². The largest absolute Gasteiger partial charge is 0.497 e. The summed E-state index contributed by atoms with van der Waals surface area (Å²) >= 11 is 0. The van der Waals surface area contributed by atoms with Crippen molar-refractivity contribution in [3.05, 3.63) is 71.8 Å². The molecule has 0 aliphatic carbocycles. The average Bonchev–Trinajstić information content (AvgIpc) is 2.74. The van der Waals surface area contributed by atoms with Crippen molar-refractivity contribution in [1.82, 2.24) is 0 Å². The molecule has 1 aliphatic rings. The van der Waals surface area contributed by atoms with E-state index in [2.05, 4.69) is 18.2 Å². The molecule has 1 heterocycles. The Morgan fingerprint density at radius 2 is 1.79 bits per heavy atom. The lowest BCUT2D eigenvalue weighted by molar-refractivity contribution is -0.197. The molecule has 0 bridgehead atoms. The van der Waals surface area contributed by atoms with Crippen LogP contribution in [0.4, 0.5) is 0 Å². The zero-order valence-corrected chi connectivity index (χ0v) is 16.9. The third kappa shape index (κ3) is 4.55. The van der Waals surface area contributed by atoms with Crippen molar-refractivity contribution in [2.24, 2.45) is 0 Å². The maximum Gasteiger partial charge on any atom is 0.177 e. The molecular formula is C23H28O5. The van der Waals surface area contributed by atoms with Gasteiger partial charge in [0.15, 0.2) is 6.29 Å². The number of hydrogen-bond acceptors (Lipinski definition) is 5. The first-order valence-electron chi connectivity index (χ1n) is 9.36. The van der Waals surface area contributed by atoms with Gasteiger partial charge in [-0.25, -0.2) is 0 Å². The Morgan fingerprint density at radius 3 is 2.43 bits per heavy atom. The first kappa shape index (κ1) is 20.4. The molecule has 28 heavy (non-hydrogen) atoms. The van der Waals surface area contributed by atoms with Crippen molar-refractivity contribution < 1.29 is 23.7 Å². The Morgan fingerprint density at radius 1 is 1.00 bits per heavy atom. The predicted molar refractivity (Wildman–Crippen MR) is 108 cm³/mol. The molecular weight excluding hydrogens is 356 g/mol. The first-order chi connectivity index (χ1) is 13.6. The number of methoxy groups -OCH3 is 3. The smallest absolute Gasteiger partial charge is 0.177 e. The molecule has 0 unspecified atom stereocenters. The minimum absolute atomic E-state index is 0.220. The summed E-state index contributed by atoms with van der Waals surface area (Å²) in [4.78, 5) is 0. The predicted octanol–water partition coefficient (Wildman–Crippen LogP) is 4.15. The van der Waals surface area contributed by atoms with Crippen LogP contribution in [0.3, 0.4) is 0 Å². The third-order valence-electron chi connectivity index (χ3n) is 5.10. The van der Waals surface area contributed by atoms with Gasteiger partial charge >= 0.3 is 0 Å². The quantitative estimate of drug-likeness (QED) is 0.640. The Balaban J connectivity index is 1.93. The molecule has 3 atom stereocenters. The lowest BCUT2D eigenvalue weighted by Gasteiger charge is -2.41. The van der Waals surface area contributed by atoms with Crippen LogP contribution in [-0.4, -0.2) is 39.3 Å². The van der Waals surface area contributed by atoms with Gasteiger partial charge in [0, 0.05) is 19.1 Å². The molecule has 0 aromatic heterocycles. The van der Waals surface area contributed by atoms with E-state index in [-0.39, 0.29) is 12.4 Å². The number of rotatable bonds is 8. The highest BCUT2D eigenvalue weighted by Gasteiger charge is 2.41. The van der Waals surface area contributed by atoms with Crippen molar-refractivity contribution in [2.45, 2.75) is 37.9 Å². The van der Waals surface area contributed by atoms with Gasteiger partial charge in [-0.3, -0.25) is 0 Å². The van der Waals surface area contributed by atoms with Crippen LogP contribution >= 0.6 is 0 Å². The molecule has 5 nitrogen and oxygen atoms in total. The van der Waals surface area contributed by atoms with Crippen LogP contribution in [0.2, 0.25) is 0 Å². The summed E-state index contributed by atoms with van der Waals surface area (Å²) in [6.07, 6.45) is 3.93. The van der Waals surface area contributed by atoms with E-state index in [4.69, 9.17) is 23.7 Å². The Hall–Kier alpha value is -2.34. The molecule has 3 rings (SSSR count). The van der Waals surface area contributed by atoms with Crippen molar-refractivity contribution in [2.75, 3.05) is 21.3 Å². The lowest BCUT2D eigenvalue weighted by atomic mass is 9.86. The lowest BCUT2D eigenvalue weighted by Crippen LogP contribution is -2.49. The summed E-state index contributed by atoms with van der Waals surface area (Å²) in [5.74, 6) is 1.56. The Kier molecular flexibility index (Phi) is 6.73. The number of ether oxygens (including phenoxy) is 5. The SMILES string of the molecule is COc1ccc(OC)c(C[C@]2(OCc3ccccc3)C=C[C@H](OC)O[C@H]2C)c1. The van der Waals surface area contributed by atoms with E-state index >= 15 is 0 Å². The monoisotopic (exact) mass is 384 g/mol. The van der Waals surface area contributed by atoms with Gasteiger partial charge in [0.2, 0.25) is 0 Å². The van der Waals surface area contributed by atoms with Crippen LogP contribution in [0, 0.1) is 0 Å². The molecule has 0 fully saturated rings. The van der Waals surface area contributed by atoms with Crippen molar-refractivity contribution in [3.8, 4) is 11.5 Å². The topological polar surface area (TPSA) is 46.2 Å². The summed E-state index contributed by atoms with van der Waals surface area (Å²) in [5.41, 5.74) is 1.43. The van der Waals surface area contributed by atoms with Gasteiger partial charge in [-0.05, 0) is 42.8 Å². The van der Waals surface area contributed by atoms with Crippen molar-refractivity contribution in [1.29, 1.82) is 0 Å². The molecule has 2 aromatic carbocycles. The highest BCUT2D eigenvalue weighted by atomic mass is 16.7. The molecule has 1 aliphatic heterocycles. The second-order valence-corrected chi connectivity index (χ2v) is 6.83. The summed E-state index contributed by atoms with van der Waals surface area (Å²) in [6.45, 7) is 2.48. The summed E-state index contributed by atoms with van der Waals surface area (Å²) in [7, 11) is 4.95. The van der Waals surface area contributed by atoms with Gasteiger partial charge in [0.1, 0.15) is 17.1 Å². The van der Waals surface area contributed by atoms with Gasteiger partial charge in [-0.1, -0.05) is 30.3 Å². The maximum atomic E-state index is 6.47. The fraction of sp³-hybridized carbons (Fsp3) is 0.391. The molecule has 0 saturated heterocycles. The summed E-state index contributed by atoms with van der Waals surface area (Å²) in [5, 5.41) is 0. The molecule has 0 spiro atoms. The standard InChI is InChI=1S/C23H28O5/c1-17-23(13-12-22(26-4)28-17,27-16-18-8-6-5-7-9-18)15-19-14-20(24-2)10-11-21(19)25-3/h5-14,17,22H,15-16H2,1-4H3/t17-,22+,23+/m0/s1. The van der Waals surface area contributed by atoms with E-state index in [1.54, 1.807) is 21.3 Å². The fourth-order valence-electron chi connectivity index (χ4n) is 3.40. The number of benzene rings is 2. The Labute approximate surface area is 166 Å². The van der Waals surface area contributed by atoms with Gasteiger partial charge in [-0.15, -0.1) is 0 Å². The molecule has 0 N–H and O–H groups in total. The van der Waals surface area contributed by atoms with Crippen LogP contribution < -0.4 is 9.47 Å². The normalized spacial score (nSPS) is 24.1. The molecule has 5 heteroatoms. The second kappa shape index (κ2) is 9.24. The van der Waals surface area contributed by atoms with Gasteiger partial charge in [0.05, 0.1) is 26.9 Å². The van der Waals surface area contributed by atoms with Crippen LogP contribution in [0.25, 0.3) is 0 Å². The van der Waals surface area contributed by atoms with Crippen molar-refractivity contribution in [3.63, 3.8) is 0 Å². The molecule has 2 aromatic rings. The Bertz CT molecular complexity index is 789. The van der Waals surface area contributed by atoms with E-state index in [9.17, 15) is 0 Å². The minimum atomic E-state index is -0.662. The van der Waals surface area contributed by atoms with Crippen molar-refractivity contribution >= 4 is 0 Å². The highest BCUT2D eigenvalue weighted by molar-refractivity contribution is 5.42. The zero-order valence-electron chi connectivity index (χ0n) is 16.9. The van der Waals surface area contributed by atoms with Gasteiger partial charge in [-0.2, -0.15) is 0 Å². The van der Waals surface area contributed by atoms with Gasteiger partial charge < -0.3 is 23.7 Å². The van der Waals surface area contributed by atoms with E-state index in [1.807, 2.05) is 49.4 Å². The first-order valence-corrected chi connectivity index (χ1v) is 9.36. The number of hydrogen-bond donors (Lipinski definition) is 0. The molecule has 0 saturated carbocycles. The van der Waals surface area contributed by atoms with Crippen LogP contribution in [0.5, 0.6) is 11.5 Å². The van der Waals surface area contributed by atoms with E-state index in [0.29, 0.717) is 13.0 Å². The average molecular weight is 384 g/mol. The maximum absolute atomic E-state index is 6.47. The van der Waals surface area contributed by atoms with E-state index in [1.165, 1.54) is 0 Å². The van der Waals surface area contributed by atoms with Crippen LogP contribution in [-0.2, 0) is 27.2 Å². The molecule has 150 valence electrons. The van der Waals surface area contributed by atoms with Crippen LogP contribution in [0.15, 0.2) is 60.7 Å². The highest BCUT2D eigenvalue weighted by Crippen LogP contribution is 2.36. The van der Waals surface area contributed by atoms with E-state index in [0.717, 1.165) is 22.6 Å². The molecule has 0 radical (unpaired) electrons. The van der Waals surface area contributed by atoms with Crippen LogP contribution in [0.1, 0.15) is 18.1 Å². The third-order valence-corrected chi connectivity index (χ3v) is 5.10. The second-order valence-electron chi connectivity index (χ2n) is 6.83. The fourth-order valence-corrected chi connectivity index (χ4v) is 3.40. The van der Waals surface area contributed by atoms with E-state index < -0.39 is 5.60 Å².